The fourth-order valence-corrected chi connectivity index (χ4v) is 3.46. The van der Waals surface area contributed by atoms with Crippen LogP contribution in [-0.2, 0) is 13.7 Å². The second-order valence-corrected chi connectivity index (χ2v) is 7.65. The summed E-state index contributed by atoms with van der Waals surface area (Å²) in [7, 11) is 1.75. The van der Waals surface area contributed by atoms with Crippen molar-refractivity contribution in [2.45, 2.75) is 13.5 Å². The zero-order valence-corrected chi connectivity index (χ0v) is 17.6. The third-order valence-corrected chi connectivity index (χ3v) is 4.98. The number of allylic oxidation sites excluding steroid dienone is 1. The van der Waals surface area contributed by atoms with E-state index in [0.717, 1.165) is 26.7 Å². The maximum absolute atomic E-state index is 12.3. The van der Waals surface area contributed by atoms with Crippen LogP contribution in [0.25, 0.3) is 16.8 Å². The summed E-state index contributed by atoms with van der Waals surface area (Å²) in [5, 5.41) is 6.44. The Morgan fingerprint density at radius 1 is 1.14 bits per heavy atom. The molecule has 0 radical (unpaired) electrons. The van der Waals surface area contributed by atoms with Crippen LogP contribution >= 0.6 is 15.9 Å². The van der Waals surface area contributed by atoms with E-state index in [-0.39, 0.29) is 5.78 Å². The van der Waals surface area contributed by atoms with Gasteiger partial charge >= 0.3 is 0 Å². The number of furan rings is 1. The van der Waals surface area contributed by atoms with Gasteiger partial charge in [0.1, 0.15) is 29.6 Å². The van der Waals surface area contributed by atoms with Crippen LogP contribution in [0.1, 0.15) is 27.7 Å². The quantitative estimate of drug-likeness (QED) is 0.278. The van der Waals surface area contributed by atoms with Crippen LogP contribution in [0.5, 0.6) is 5.75 Å². The van der Waals surface area contributed by atoms with Crippen molar-refractivity contribution in [2.75, 3.05) is 0 Å². The number of hydrogen-bond acceptors (Lipinski definition) is 4. The molecule has 0 bridgehead atoms. The van der Waals surface area contributed by atoms with Gasteiger partial charge in [0.15, 0.2) is 0 Å². The molecule has 0 aliphatic carbocycles. The van der Waals surface area contributed by atoms with Crippen LogP contribution in [0.3, 0.4) is 0 Å². The molecule has 0 aliphatic heterocycles. The maximum Gasteiger partial charge on any atom is 0.203 e. The number of aromatic nitrogens is 2. The number of halogens is 1. The molecule has 0 fully saturated rings. The number of hydrogen-bond donors (Lipinski definition) is 0. The van der Waals surface area contributed by atoms with E-state index < -0.39 is 0 Å². The van der Waals surface area contributed by atoms with Gasteiger partial charge in [-0.05, 0) is 72.3 Å². The Balaban J connectivity index is 1.40. The standard InChI is InChI=1S/C23H19BrN2O3/c1-15-11-22(26(2)25-15)23(27)10-9-19-7-8-21(29-19)14-28-20-6-4-16-12-18(24)5-3-17(16)13-20/h3-13H,14H2,1-2H3/b10-9+. The number of nitrogens with zero attached hydrogens (tertiary/aromatic N) is 2. The van der Waals surface area contributed by atoms with E-state index in [1.807, 2.05) is 49.4 Å². The molecule has 0 spiro atoms. The molecule has 0 aliphatic rings. The average Bonchev–Trinajstić information content (AvgIpc) is 3.30. The Hall–Kier alpha value is -3.12. The van der Waals surface area contributed by atoms with Gasteiger partial charge in [-0.25, -0.2) is 0 Å². The monoisotopic (exact) mass is 450 g/mol. The summed E-state index contributed by atoms with van der Waals surface area (Å²) < 4.78 is 14.2. The number of fused-ring (bicyclic) bond motifs is 1. The summed E-state index contributed by atoms with van der Waals surface area (Å²) in [6.07, 6.45) is 3.14. The van der Waals surface area contributed by atoms with Gasteiger partial charge in [0.05, 0.1) is 5.69 Å². The third kappa shape index (κ3) is 4.49. The van der Waals surface area contributed by atoms with E-state index in [1.54, 1.807) is 23.9 Å². The van der Waals surface area contributed by atoms with Gasteiger partial charge in [-0.15, -0.1) is 0 Å². The first-order valence-electron chi connectivity index (χ1n) is 9.12. The van der Waals surface area contributed by atoms with Crippen molar-refractivity contribution >= 4 is 38.6 Å². The zero-order chi connectivity index (χ0) is 20.4. The molecule has 4 rings (SSSR count). The number of aryl methyl sites for hydroxylation is 2. The molecule has 0 N–H and O–H groups in total. The molecule has 2 aromatic carbocycles. The molecular weight excluding hydrogens is 432 g/mol. The molecule has 2 heterocycles. The number of carbonyl (C=O) groups is 1. The van der Waals surface area contributed by atoms with Crippen LogP contribution in [0.15, 0.2) is 69.6 Å². The highest BCUT2D eigenvalue weighted by molar-refractivity contribution is 9.10. The van der Waals surface area contributed by atoms with Crippen molar-refractivity contribution in [3.05, 3.63) is 88.1 Å². The van der Waals surface area contributed by atoms with Crippen LogP contribution in [0.2, 0.25) is 0 Å². The van der Waals surface area contributed by atoms with Crippen molar-refractivity contribution < 1.29 is 13.9 Å². The fraction of sp³-hybridized carbons (Fsp3) is 0.130. The first kappa shape index (κ1) is 19.2. The van der Waals surface area contributed by atoms with Crippen molar-refractivity contribution in [1.29, 1.82) is 0 Å². The summed E-state index contributed by atoms with van der Waals surface area (Å²) in [5.74, 6) is 1.93. The number of ether oxygens (including phenoxy) is 1. The van der Waals surface area contributed by atoms with E-state index in [1.165, 1.54) is 6.08 Å². The molecular formula is C23H19BrN2O3. The van der Waals surface area contributed by atoms with E-state index in [0.29, 0.717) is 23.8 Å². The van der Waals surface area contributed by atoms with Gasteiger partial charge in [0.2, 0.25) is 5.78 Å². The highest BCUT2D eigenvalue weighted by Gasteiger charge is 2.09. The summed E-state index contributed by atoms with van der Waals surface area (Å²) in [5.41, 5.74) is 1.35. The number of ketones is 1. The summed E-state index contributed by atoms with van der Waals surface area (Å²) in [6.45, 7) is 2.17. The van der Waals surface area contributed by atoms with Crippen molar-refractivity contribution in [3.63, 3.8) is 0 Å². The van der Waals surface area contributed by atoms with Gasteiger partial charge in [-0.1, -0.05) is 28.1 Å². The molecule has 29 heavy (non-hydrogen) atoms. The molecule has 5 nitrogen and oxygen atoms in total. The van der Waals surface area contributed by atoms with Crippen LogP contribution in [0.4, 0.5) is 0 Å². The minimum Gasteiger partial charge on any atom is -0.486 e. The molecule has 4 aromatic rings. The second kappa shape index (κ2) is 8.09. The molecule has 146 valence electrons. The predicted molar refractivity (Wildman–Crippen MR) is 116 cm³/mol. The van der Waals surface area contributed by atoms with Crippen LogP contribution in [-0.4, -0.2) is 15.6 Å². The van der Waals surface area contributed by atoms with Gasteiger partial charge in [-0.3, -0.25) is 9.48 Å². The Morgan fingerprint density at radius 3 is 2.72 bits per heavy atom. The first-order chi connectivity index (χ1) is 14.0. The highest BCUT2D eigenvalue weighted by atomic mass is 79.9. The Kier molecular flexibility index (Phi) is 5.36. The minimum absolute atomic E-state index is 0.120. The van der Waals surface area contributed by atoms with E-state index in [9.17, 15) is 4.79 Å². The average molecular weight is 451 g/mol. The molecule has 0 unspecified atom stereocenters. The van der Waals surface area contributed by atoms with E-state index in [2.05, 4.69) is 27.1 Å². The number of benzene rings is 2. The highest BCUT2D eigenvalue weighted by Crippen LogP contribution is 2.25. The van der Waals surface area contributed by atoms with E-state index in [4.69, 9.17) is 9.15 Å². The Bertz CT molecular complexity index is 1220. The first-order valence-corrected chi connectivity index (χ1v) is 9.91. The molecule has 6 heteroatoms. The summed E-state index contributed by atoms with van der Waals surface area (Å²) in [4.78, 5) is 12.3. The van der Waals surface area contributed by atoms with Gasteiger partial charge < -0.3 is 9.15 Å². The van der Waals surface area contributed by atoms with Crippen LogP contribution < -0.4 is 4.74 Å². The smallest absolute Gasteiger partial charge is 0.203 e. The number of rotatable bonds is 6. The molecule has 0 saturated heterocycles. The van der Waals surface area contributed by atoms with Gasteiger partial charge in [0, 0.05) is 11.5 Å². The summed E-state index contributed by atoms with van der Waals surface area (Å²) in [6, 6.07) is 17.5. The van der Waals surface area contributed by atoms with Gasteiger partial charge in [0.25, 0.3) is 0 Å². The topological polar surface area (TPSA) is 57.3 Å². The van der Waals surface area contributed by atoms with Crippen molar-refractivity contribution in [2.24, 2.45) is 7.05 Å². The third-order valence-electron chi connectivity index (χ3n) is 4.49. The van der Waals surface area contributed by atoms with Crippen molar-refractivity contribution in [1.82, 2.24) is 9.78 Å². The lowest BCUT2D eigenvalue weighted by Gasteiger charge is -2.06. The van der Waals surface area contributed by atoms with Crippen molar-refractivity contribution in [3.8, 4) is 5.75 Å². The fourth-order valence-electron chi connectivity index (χ4n) is 3.08. The summed E-state index contributed by atoms with van der Waals surface area (Å²) >= 11 is 3.48. The predicted octanol–water partition coefficient (Wildman–Crippen LogP) is 5.71. The molecule has 2 aromatic heterocycles. The molecule has 0 amide bonds. The van der Waals surface area contributed by atoms with Gasteiger partial charge in [-0.2, -0.15) is 5.10 Å². The maximum atomic E-state index is 12.3. The van der Waals surface area contributed by atoms with Crippen LogP contribution in [0, 0.1) is 6.92 Å². The second-order valence-electron chi connectivity index (χ2n) is 6.74. The molecule has 0 atom stereocenters. The zero-order valence-electron chi connectivity index (χ0n) is 16.1. The SMILES string of the molecule is Cc1cc(C(=O)/C=C/c2ccc(COc3ccc4cc(Br)ccc4c3)o2)n(C)n1. The Labute approximate surface area is 176 Å². The largest absolute Gasteiger partial charge is 0.486 e. The minimum atomic E-state index is -0.120. The molecule has 0 saturated carbocycles. The van der Waals surface area contributed by atoms with E-state index >= 15 is 0 Å². The Morgan fingerprint density at radius 2 is 1.93 bits per heavy atom. The lowest BCUT2D eigenvalue weighted by molar-refractivity contribution is 0.103. The lowest BCUT2D eigenvalue weighted by atomic mass is 10.1. The normalized spacial score (nSPS) is 11.4. The lowest BCUT2D eigenvalue weighted by Crippen LogP contribution is -2.03. The number of carbonyl (C=O) groups excluding carboxylic acids is 1.